The maximum Gasteiger partial charge on any atom is 0.316 e. The number of ketones is 1. The second kappa shape index (κ2) is 2.83. The molecule has 0 heterocycles. The Morgan fingerprint density at radius 3 is 2.40 bits per heavy atom. The predicted octanol–water partition coefficient (Wildman–Crippen LogP) is 1.80. The van der Waals surface area contributed by atoms with Crippen LogP contribution in [0.2, 0.25) is 0 Å². The van der Waals surface area contributed by atoms with Crippen molar-refractivity contribution in [3.63, 3.8) is 0 Å². The maximum absolute atomic E-state index is 12.2. The van der Waals surface area contributed by atoms with Gasteiger partial charge in [-0.3, -0.25) is 9.59 Å². The average molecular weight is 210 g/mol. The number of hydrogen-bond donors (Lipinski definition) is 0. The van der Waals surface area contributed by atoms with Crippen molar-refractivity contribution in [1.82, 2.24) is 0 Å². The van der Waals surface area contributed by atoms with Crippen molar-refractivity contribution in [3.05, 3.63) is 0 Å². The number of carbonyl (C=O) groups is 2. The minimum Gasteiger partial charge on any atom is -0.468 e. The van der Waals surface area contributed by atoms with Crippen molar-refractivity contribution < 1.29 is 14.3 Å². The van der Waals surface area contributed by atoms with E-state index in [4.69, 9.17) is 4.74 Å². The summed E-state index contributed by atoms with van der Waals surface area (Å²) in [5, 5.41) is 0. The van der Waals surface area contributed by atoms with Gasteiger partial charge in [0.25, 0.3) is 0 Å². The van der Waals surface area contributed by atoms with E-state index < -0.39 is 5.92 Å². The molecule has 3 atom stereocenters. The molecule has 2 aliphatic rings. The lowest BCUT2D eigenvalue weighted by atomic mass is 9.70. The number of ether oxygens (including phenoxy) is 1. The highest BCUT2D eigenvalue weighted by Gasteiger charge is 2.68. The van der Waals surface area contributed by atoms with Crippen LogP contribution in [0.5, 0.6) is 0 Å². The van der Waals surface area contributed by atoms with Gasteiger partial charge in [0.15, 0.2) is 5.78 Å². The van der Waals surface area contributed by atoms with E-state index in [1.54, 1.807) is 0 Å². The summed E-state index contributed by atoms with van der Waals surface area (Å²) in [5.41, 5.74) is -0.389. The normalized spacial score (nSPS) is 42.0. The second-order valence-corrected chi connectivity index (χ2v) is 5.56. The number of fused-ring (bicyclic) bond motifs is 2. The Bertz CT molecular complexity index is 332. The van der Waals surface area contributed by atoms with Crippen LogP contribution in [-0.2, 0) is 14.3 Å². The van der Waals surface area contributed by atoms with Gasteiger partial charge in [-0.05, 0) is 24.2 Å². The van der Waals surface area contributed by atoms with Crippen molar-refractivity contribution in [2.75, 3.05) is 7.11 Å². The quantitative estimate of drug-likeness (QED) is 0.489. The molecule has 15 heavy (non-hydrogen) atoms. The molecule has 0 N–H and O–H groups in total. The van der Waals surface area contributed by atoms with Crippen LogP contribution in [0, 0.1) is 22.7 Å². The minimum atomic E-state index is -0.510. The molecule has 1 unspecified atom stereocenters. The molecule has 0 radical (unpaired) electrons. The monoisotopic (exact) mass is 210 g/mol. The van der Waals surface area contributed by atoms with Gasteiger partial charge < -0.3 is 4.74 Å². The van der Waals surface area contributed by atoms with Gasteiger partial charge in [0.1, 0.15) is 5.92 Å². The van der Waals surface area contributed by atoms with Crippen LogP contribution in [0.4, 0.5) is 0 Å². The zero-order valence-corrected chi connectivity index (χ0v) is 9.79. The number of rotatable bonds is 1. The molecule has 0 saturated heterocycles. The topological polar surface area (TPSA) is 43.4 Å². The number of hydrogen-bond acceptors (Lipinski definition) is 3. The third-order valence-corrected chi connectivity index (χ3v) is 4.99. The van der Waals surface area contributed by atoms with Crippen LogP contribution in [0.25, 0.3) is 0 Å². The van der Waals surface area contributed by atoms with E-state index in [1.807, 2.05) is 6.92 Å². The van der Waals surface area contributed by atoms with E-state index in [0.717, 1.165) is 12.8 Å². The smallest absolute Gasteiger partial charge is 0.316 e. The molecule has 0 amide bonds. The van der Waals surface area contributed by atoms with E-state index in [2.05, 4.69) is 13.8 Å². The van der Waals surface area contributed by atoms with Gasteiger partial charge >= 0.3 is 5.97 Å². The highest BCUT2D eigenvalue weighted by molar-refractivity contribution is 6.05. The Labute approximate surface area is 90.2 Å². The Morgan fingerprint density at radius 1 is 1.40 bits per heavy atom. The van der Waals surface area contributed by atoms with E-state index in [1.165, 1.54) is 7.11 Å². The van der Waals surface area contributed by atoms with Gasteiger partial charge in [-0.1, -0.05) is 20.8 Å². The molecular weight excluding hydrogens is 192 g/mol. The third kappa shape index (κ3) is 1.01. The first-order valence-corrected chi connectivity index (χ1v) is 5.48. The number of carbonyl (C=O) groups excluding carboxylic acids is 2. The Morgan fingerprint density at radius 2 is 2.00 bits per heavy atom. The zero-order chi connectivity index (χ0) is 11.4. The predicted molar refractivity (Wildman–Crippen MR) is 55.1 cm³/mol. The lowest BCUT2D eigenvalue weighted by molar-refractivity contribution is -0.152. The highest BCUT2D eigenvalue weighted by atomic mass is 16.5. The zero-order valence-electron chi connectivity index (χ0n) is 9.79. The van der Waals surface area contributed by atoms with Crippen molar-refractivity contribution >= 4 is 11.8 Å². The van der Waals surface area contributed by atoms with Gasteiger partial charge in [-0.15, -0.1) is 0 Å². The fourth-order valence-corrected chi connectivity index (χ4v) is 3.48. The third-order valence-electron chi connectivity index (χ3n) is 4.99. The van der Waals surface area contributed by atoms with E-state index >= 15 is 0 Å². The molecule has 0 aromatic carbocycles. The highest BCUT2D eigenvalue weighted by Crippen LogP contribution is 2.65. The SMILES string of the molecule is COC(=O)C1C(=O)[C@@]2(C)CC[C@@H]1C2(C)C. The first-order chi connectivity index (χ1) is 6.86. The number of Topliss-reactive ketones (excluding diaryl/α,β-unsaturated/α-hetero) is 1. The number of methoxy groups -OCH3 is 1. The summed E-state index contributed by atoms with van der Waals surface area (Å²) in [7, 11) is 1.36. The second-order valence-electron chi connectivity index (χ2n) is 5.56. The van der Waals surface area contributed by atoms with Crippen LogP contribution in [-0.4, -0.2) is 18.9 Å². The molecule has 0 aliphatic heterocycles. The standard InChI is InChI=1S/C12H18O3/c1-11(2)7-5-6-12(11,3)9(13)8(7)10(14)15-4/h7-8H,5-6H2,1-4H3/t7-,8?,12+/m0/s1. The van der Waals surface area contributed by atoms with Gasteiger partial charge in [0, 0.05) is 5.41 Å². The molecule has 2 saturated carbocycles. The fourth-order valence-electron chi connectivity index (χ4n) is 3.48. The molecule has 3 nitrogen and oxygen atoms in total. The minimum absolute atomic E-state index is 0.0665. The molecule has 2 aliphatic carbocycles. The Hall–Kier alpha value is -0.860. The first kappa shape index (κ1) is 10.7. The lowest BCUT2D eigenvalue weighted by Gasteiger charge is -2.32. The van der Waals surface area contributed by atoms with Crippen LogP contribution < -0.4 is 0 Å². The molecule has 2 bridgehead atoms. The summed E-state index contributed by atoms with van der Waals surface area (Å²) < 4.78 is 4.74. The van der Waals surface area contributed by atoms with Crippen molar-refractivity contribution in [2.24, 2.45) is 22.7 Å². The Balaban J connectivity index is 2.42. The van der Waals surface area contributed by atoms with Crippen LogP contribution in [0.3, 0.4) is 0 Å². The van der Waals surface area contributed by atoms with Crippen molar-refractivity contribution in [2.45, 2.75) is 33.6 Å². The molecule has 0 aromatic rings. The van der Waals surface area contributed by atoms with E-state index in [0.29, 0.717) is 0 Å². The summed E-state index contributed by atoms with van der Waals surface area (Å²) in [6, 6.07) is 0. The average Bonchev–Trinajstić information content (AvgIpc) is 2.48. The molecule has 3 heteroatoms. The molecular formula is C12H18O3. The summed E-state index contributed by atoms with van der Waals surface area (Å²) in [4.78, 5) is 23.8. The van der Waals surface area contributed by atoms with Gasteiger partial charge in [0.2, 0.25) is 0 Å². The first-order valence-electron chi connectivity index (χ1n) is 5.48. The van der Waals surface area contributed by atoms with Crippen molar-refractivity contribution in [3.8, 4) is 0 Å². The summed E-state index contributed by atoms with van der Waals surface area (Å²) in [6.45, 7) is 6.20. The van der Waals surface area contributed by atoms with Crippen LogP contribution in [0.1, 0.15) is 33.6 Å². The largest absolute Gasteiger partial charge is 0.468 e. The summed E-state index contributed by atoms with van der Waals surface area (Å²) in [6.07, 6.45) is 1.88. The molecule has 2 fully saturated rings. The van der Waals surface area contributed by atoms with E-state index in [-0.39, 0.29) is 28.5 Å². The maximum atomic E-state index is 12.2. The summed E-state index contributed by atoms with van der Waals surface area (Å²) in [5.74, 6) is -0.594. The van der Waals surface area contributed by atoms with E-state index in [9.17, 15) is 9.59 Å². The molecule has 84 valence electrons. The van der Waals surface area contributed by atoms with Crippen molar-refractivity contribution in [1.29, 1.82) is 0 Å². The molecule has 2 rings (SSSR count). The Kier molecular flexibility index (Phi) is 2.01. The fraction of sp³-hybridized carbons (Fsp3) is 0.833. The summed E-state index contributed by atoms with van der Waals surface area (Å²) >= 11 is 0. The van der Waals surface area contributed by atoms with Crippen LogP contribution in [0.15, 0.2) is 0 Å². The van der Waals surface area contributed by atoms with Gasteiger partial charge in [-0.2, -0.15) is 0 Å². The van der Waals surface area contributed by atoms with Crippen LogP contribution >= 0.6 is 0 Å². The van der Waals surface area contributed by atoms with Gasteiger partial charge in [0.05, 0.1) is 7.11 Å². The van der Waals surface area contributed by atoms with Gasteiger partial charge in [-0.25, -0.2) is 0 Å². The lowest BCUT2D eigenvalue weighted by Crippen LogP contribution is -2.35. The molecule has 0 spiro atoms. The number of esters is 1. The molecule has 0 aromatic heterocycles.